The van der Waals surface area contributed by atoms with E-state index < -0.39 is 23.6 Å². The molecule has 0 atom stereocenters. The van der Waals surface area contributed by atoms with E-state index in [0.29, 0.717) is 23.5 Å². The van der Waals surface area contributed by atoms with E-state index in [1.54, 1.807) is 45.0 Å². The van der Waals surface area contributed by atoms with Crippen molar-refractivity contribution in [2.24, 2.45) is 0 Å². The van der Waals surface area contributed by atoms with Crippen molar-refractivity contribution in [3.63, 3.8) is 0 Å². The third kappa shape index (κ3) is 6.01. The topological polar surface area (TPSA) is 109 Å². The summed E-state index contributed by atoms with van der Waals surface area (Å²) in [5.74, 6) is 0.574. The highest BCUT2D eigenvalue weighted by Gasteiger charge is 2.41. The van der Waals surface area contributed by atoms with Crippen molar-refractivity contribution in [3.05, 3.63) is 58.3 Å². The van der Waals surface area contributed by atoms with Crippen LogP contribution in [0.1, 0.15) is 43.3 Å². The molecule has 2 aromatic heterocycles. The van der Waals surface area contributed by atoms with Gasteiger partial charge in [0, 0.05) is 37.6 Å². The fourth-order valence-electron chi connectivity index (χ4n) is 3.87. The number of halogens is 4. The van der Waals surface area contributed by atoms with Gasteiger partial charge in [0.2, 0.25) is 5.28 Å². The van der Waals surface area contributed by atoms with Crippen LogP contribution < -0.4 is 5.32 Å². The van der Waals surface area contributed by atoms with E-state index in [4.69, 9.17) is 21.7 Å². The quantitative estimate of drug-likeness (QED) is 0.336. The lowest BCUT2D eigenvalue weighted by atomic mass is 10.1. The third-order valence-corrected chi connectivity index (χ3v) is 5.72. The molecule has 3 aromatic rings. The lowest BCUT2D eigenvalue weighted by molar-refractivity contribution is -0.142. The van der Waals surface area contributed by atoms with Gasteiger partial charge in [0.15, 0.2) is 5.69 Å². The van der Waals surface area contributed by atoms with E-state index in [1.165, 1.54) is 15.7 Å². The number of rotatable bonds is 5. The van der Waals surface area contributed by atoms with Crippen molar-refractivity contribution in [1.82, 2.24) is 24.4 Å². The zero-order chi connectivity index (χ0) is 27.0. The van der Waals surface area contributed by atoms with Gasteiger partial charge in [-0.05, 0) is 37.9 Å². The molecule has 0 saturated carbocycles. The van der Waals surface area contributed by atoms with Crippen molar-refractivity contribution in [2.45, 2.75) is 52.2 Å². The van der Waals surface area contributed by atoms with Crippen LogP contribution in [0.2, 0.25) is 5.28 Å². The zero-order valence-corrected chi connectivity index (χ0v) is 21.1. The van der Waals surface area contributed by atoms with Gasteiger partial charge in [-0.2, -0.15) is 13.2 Å². The number of hydrogen-bond donors (Lipinski definition) is 2. The van der Waals surface area contributed by atoms with Crippen molar-refractivity contribution >= 4 is 29.7 Å². The highest BCUT2D eigenvalue weighted by Crippen LogP contribution is 2.36. The molecule has 13 heteroatoms. The van der Waals surface area contributed by atoms with Gasteiger partial charge in [0.05, 0.1) is 17.8 Å². The first-order chi connectivity index (χ1) is 17.4. The number of aromatic nitrogens is 4. The summed E-state index contributed by atoms with van der Waals surface area (Å²) < 4.78 is 48.4. The Morgan fingerprint density at radius 2 is 1.89 bits per heavy atom. The first-order valence-electron chi connectivity index (χ1n) is 11.4. The molecule has 1 aliphatic heterocycles. The third-order valence-electron chi connectivity index (χ3n) is 5.54. The molecule has 0 fully saturated rings. The molecule has 1 aromatic carbocycles. The van der Waals surface area contributed by atoms with Crippen LogP contribution in [0.3, 0.4) is 0 Å². The molecule has 196 valence electrons. The van der Waals surface area contributed by atoms with Gasteiger partial charge in [-0.25, -0.2) is 19.7 Å². The maximum atomic E-state index is 13.9. The number of ether oxygens (including phenoxy) is 1. The van der Waals surface area contributed by atoms with Crippen LogP contribution in [0.5, 0.6) is 0 Å². The lowest BCUT2D eigenvalue weighted by Gasteiger charge is -2.31. The molecule has 3 heterocycles. The van der Waals surface area contributed by atoms with E-state index in [-0.39, 0.29) is 36.4 Å². The Kier molecular flexibility index (Phi) is 7.13. The summed E-state index contributed by atoms with van der Waals surface area (Å²) in [5.41, 5.74) is -0.0514. The van der Waals surface area contributed by atoms with Gasteiger partial charge in [-0.3, -0.25) is 0 Å². The normalized spacial score (nSPS) is 13.8. The molecule has 0 saturated heterocycles. The molecule has 0 radical (unpaired) electrons. The van der Waals surface area contributed by atoms with Gasteiger partial charge in [0.25, 0.3) is 0 Å². The van der Waals surface area contributed by atoms with Crippen LogP contribution >= 0.6 is 11.6 Å². The summed E-state index contributed by atoms with van der Waals surface area (Å²) in [7, 11) is 0. The smallest absolute Gasteiger partial charge is 0.435 e. The minimum Gasteiger partial charge on any atom is -0.444 e. The zero-order valence-electron chi connectivity index (χ0n) is 20.4. The second-order valence-electron chi connectivity index (χ2n) is 9.42. The largest absolute Gasteiger partial charge is 0.444 e. The minimum atomic E-state index is -4.68. The molecule has 1 aliphatic rings. The van der Waals surface area contributed by atoms with Gasteiger partial charge < -0.3 is 24.9 Å². The number of nitrogens with zero attached hydrogens (tertiary/aromatic N) is 5. The Morgan fingerprint density at radius 1 is 1.19 bits per heavy atom. The van der Waals surface area contributed by atoms with Crippen LogP contribution in [0.15, 0.2) is 30.5 Å². The fourth-order valence-corrected chi connectivity index (χ4v) is 4.01. The van der Waals surface area contributed by atoms with Crippen LogP contribution in [0.25, 0.3) is 11.4 Å². The standard InChI is InChI=1S/C24H25ClF3N7O2/c1-23(2,3)37-22(36)34-8-9-35-17(13-34)18(24(26,27)28)32-20(35)15-6-4-14(5-7-15)11-30-19-16(10-29)12-31-21(25)33-19/h4-7,10,12,29H,8-9,11,13H2,1-3H3,(H,30,31,33). The predicted octanol–water partition coefficient (Wildman–Crippen LogP) is 5.37. The number of nitrogens with one attached hydrogen (secondary N) is 2. The Hall–Kier alpha value is -3.67. The second kappa shape index (κ2) is 10.0. The van der Waals surface area contributed by atoms with Gasteiger partial charge in [-0.1, -0.05) is 24.3 Å². The van der Waals surface area contributed by atoms with Crippen molar-refractivity contribution in [3.8, 4) is 11.4 Å². The number of carbonyl (C=O) groups excluding carboxylic acids is 1. The monoisotopic (exact) mass is 535 g/mol. The van der Waals surface area contributed by atoms with E-state index >= 15 is 0 Å². The summed E-state index contributed by atoms with van der Waals surface area (Å²) >= 11 is 5.84. The van der Waals surface area contributed by atoms with E-state index in [9.17, 15) is 18.0 Å². The summed E-state index contributed by atoms with van der Waals surface area (Å²) in [5, 5.41) is 10.6. The maximum absolute atomic E-state index is 13.9. The second-order valence-corrected chi connectivity index (χ2v) is 9.76. The Balaban J connectivity index is 1.57. The predicted molar refractivity (Wildman–Crippen MR) is 132 cm³/mol. The summed E-state index contributed by atoms with van der Waals surface area (Å²) in [4.78, 5) is 25.6. The SMILES string of the molecule is CC(C)(C)OC(=O)N1CCn2c(-c3ccc(CNc4nc(Cl)ncc4C=N)cc3)nc(C(F)(F)F)c2C1. The number of alkyl halides is 3. The first kappa shape index (κ1) is 26.4. The highest BCUT2D eigenvalue weighted by molar-refractivity contribution is 6.28. The minimum absolute atomic E-state index is 0.0400. The van der Waals surface area contributed by atoms with Crippen molar-refractivity contribution in [2.75, 3.05) is 11.9 Å². The Morgan fingerprint density at radius 3 is 2.51 bits per heavy atom. The number of fused-ring (bicyclic) bond motifs is 1. The summed E-state index contributed by atoms with van der Waals surface area (Å²) in [6.07, 6.45) is -2.81. The van der Waals surface area contributed by atoms with Crippen LogP contribution in [-0.4, -0.2) is 48.9 Å². The molecule has 0 spiro atoms. The molecule has 0 bridgehead atoms. The number of anilines is 1. The van der Waals surface area contributed by atoms with Gasteiger partial charge >= 0.3 is 12.3 Å². The molecule has 4 rings (SSSR count). The number of benzene rings is 1. The summed E-state index contributed by atoms with van der Waals surface area (Å²) in [6.45, 7) is 5.54. The van der Waals surface area contributed by atoms with E-state index in [0.717, 1.165) is 11.8 Å². The lowest BCUT2D eigenvalue weighted by Crippen LogP contribution is -2.42. The van der Waals surface area contributed by atoms with Crippen LogP contribution in [-0.2, 0) is 30.5 Å². The number of amides is 1. The van der Waals surface area contributed by atoms with Crippen molar-refractivity contribution in [1.29, 1.82) is 5.41 Å². The molecular formula is C24H25ClF3N7O2. The maximum Gasteiger partial charge on any atom is 0.435 e. The van der Waals surface area contributed by atoms with Gasteiger partial charge in [0.1, 0.15) is 17.2 Å². The number of hydrogen-bond acceptors (Lipinski definition) is 7. The molecule has 37 heavy (non-hydrogen) atoms. The number of carbonyl (C=O) groups is 1. The average molecular weight is 536 g/mol. The average Bonchev–Trinajstić information content (AvgIpc) is 3.21. The highest BCUT2D eigenvalue weighted by atomic mass is 35.5. The van der Waals surface area contributed by atoms with Gasteiger partial charge in [-0.15, -0.1) is 0 Å². The van der Waals surface area contributed by atoms with E-state index in [2.05, 4.69) is 20.3 Å². The molecule has 9 nitrogen and oxygen atoms in total. The summed E-state index contributed by atoms with van der Waals surface area (Å²) in [6, 6.07) is 6.91. The number of imidazole rings is 1. The van der Waals surface area contributed by atoms with Crippen LogP contribution in [0.4, 0.5) is 23.8 Å². The van der Waals surface area contributed by atoms with Crippen molar-refractivity contribution < 1.29 is 22.7 Å². The van der Waals surface area contributed by atoms with Crippen LogP contribution in [0, 0.1) is 5.41 Å². The molecule has 0 aliphatic carbocycles. The Bertz CT molecular complexity index is 1320. The van der Waals surface area contributed by atoms with E-state index in [1.807, 2.05) is 0 Å². The molecule has 1 amide bonds. The Labute approximate surface area is 216 Å². The molecule has 0 unspecified atom stereocenters. The fraction of sp³-hybridized carbons (Fsp3) is 0.375. The first-order valence-corrected chi connectivity index (χ1v) is 11.7. The molecular weight excluding hydrogens is 511 g/mol. The molecule has 2 N–H and O–H groups in total.